The van der Waals surface area contributed by atoms with Crippen molar-refractivity contribution in [1.82, 2.24) is 4.90 Å². The largest absolute Gasteiger partial charge is 0.416 e. The van der Waals surface area contributed by atoms with Crippen LogP contribution >= 0.6 is 0 Å². The van der Waals surface area contributed by atoms with Crippen LogP contribution in [0.25, 0.3) is 0 Å². The Bertz CT molecular complexity index is 697. The van der Waals surface area contributed by atoms with E-state index >= 15 is 0 Å². The fourth-order valence-electron chi connectivity index (χ4n) is 2.95. The SMILES string of the molecule is O=C(c1cccc(C(F)(F)F)c1)N1CC[C@@H](c2ccccc2)C1. The summed E-state index contributed by atoms with van der Waals surface area (Å²) in [7, 11) is 0. The molecular weight excluding hydrogens is 303 g/mol. The van der Waals surface area contributed by atoms with Crippen molar-refractivity contribution in [3.63, 3.8) is 0 Å². The smallest absolute Gasteiger partial charge is 0.338 e. The molecule has 1 heterocycles. The van der Waals surface area contributed by atoms with Crippen LogP contribution in [-0.4, -0.2) is 23.9 Å². The van der Waals surface area contributed by atoms with Crippen LogP contribution in [0.1, 0.15) is 33.8 Å². The van der Waals surface area contributed by atoms with E-state index < -0.39 is 11.7 Å². The monoisotopic (exact) mass is 319 g/mol. The highest BCUT2D eigenvalue weighted by atomic mass is 19.4. The fraction of sp³-hybridized carbons (Fsp3) is 0.278. The summed E-state index contributed by atoms with van der Waals surface area (Å²) in [6.07, 6.45) is -3.61. The first-order valence-electron chi connectivity index (χ1n) is 7.46. The molecule has 0 unspecified atom stereocenters. The first kappa shape index (κ1) is 15.6. The molecule has 1 fully saturated rings. The number of carbonyl (C=O) groups excluding carboxylic acids is 1. The summed E-state index contributed by atoms with van der Waals surface area (Å²) >= 11 is 0. The van der Waals surface area contributed by atoms with Crippen molar-refractivity contribution < 1.29 is 18.0 Å². The number of amides is 1. The molecule has 0 aliphatic carbocycles. The Labute approximate surface area is 132 Å². The lowest BCUT2D eigenvalue weighted by molar-refractivity contribution is -0.137. The van der Waals surface area contributed by atoms with E-state index in [0.29, 0.717) is 13.1 Å². The summed E-state index contributed by atoms with van der Waals surface area (Å²) in [5, 5.41) is 0. The molecule has 1 aliphatic heterocycles. The zero-order valence-corrected chi connectivity index (χ0v) is 12.4. The number of nitrogens with zero attached hydrogens (tertiary/aromatic N) is 1. The summed E-state index contributed by atoms with van der Waals surface area (Å²) in [6, 6.07) is 14.5. The van der Waals surface area contributed by atoms with Gasteiger partial charge in [0.05, 0.1) is 5.56 Å². The van der Waals surface area contributed by atoms with Crippen LogP contribution in [0.3, 0.4) is 0 Å². The Morgan fingerprint density at radius 3 is 2.48 bits per heavy atom. The molecule has 1 amide bonds. The normalized spacial score (nSPS) is 18.2. The molecule has 0 spiro atoms. The van der Waals surface area contributed by atoms with E-state index in [1.807, 2.05) is 30.3 Å². The Kier molecular flexibility index (Phi) is 4.11. The van der Waals surface area contributed by atoms with Crippen LogP contribution in [0.15, 0.2) is 54.6 Å². The molecule has 2 aromatic carbocycles. The van der Waals surface area contributed by atoms with E-state index in [1.165, 1.54) is 12.1 Å². The van der Waals surface area contributed by atoms with Gasteiger partial charge in [0.1, 0.15) is 0 Å². The molecule has 2 nitrogen and oxygen atoms in total. The first-order valence-corrected chi connectivity index (χ1v) is 7.46. The molecule has 0 aromatic heterocycles. The van der Waals surface area contributed by atoms with Gasteiger partial charge in [-0.2, -0.15) is 13.2 Å². The zero-order chi connectivity index (χ0) is 16.4. The standard InChI is InChI=1S/C18H16F3NO/c19-18(20,21)16-8-4-7-14(11-16)17(23)22-10-9-15(12-22)13-5-2-1-3-6-13/h1-8,11,15H,9-10,12H2/t15-/m1/s1. The fourth-order valence-corrected chi connectivity index (χ4v) is 2.95. The van der Waals surface area contributed by atoms with Gasteiger partial charge in [-0.25, -0.2) is 0 Å². The molecule has 0 N–H and O–H groups in total. The third-order valence-electron chi connectivity index (χ3n) is 4.18. The molecule has 1 atom stereocenters. The molecular formula is C18H16F3NO. The number of hydrogen-bond donors (Lipinski definition) is 0. The maximum atomic E-state index is 12.8. The molecule has 2 aromatic rings. The molecule has 3 rings (SSSR count). The van der Waals surface area contributed by atoms with Crippen molar-refractivity contribution in [1.29, 1.82) is 0 Å². The van der Waals surface area contributed by atoms with E-state index in [9.17, 15) is 18.0 Å². The van der Waals surface area contributed by atoms with Gasteiger partial charge in [0.25, 0.3) is 5.91 Å². The maximum Gasteiger partial charge on any atom is 0.416 e. The van der Waals surface area contributed by atoms with E-state index in [-0.39, 0.29) is 17.4 Å². The lowest BCUT2D eigenvalue weighted by Gasteiger charge is -2.17. The number of halogens is 3. The van der Waals surface area contributed by atoms with Gasteiger partial charge in [-0.1, -0.05) is 36.4 Å². The first-order chi connectivity index (χ1) is 10.9. The van der Waals surface area contributed by atoms with Gasteiger partial charge in [-0.3, -0.25) is 4.79 Å². The highest BCUT2D eigenvalue weighted by molar-refractivity contribution is 5.94. The average molecular weight is 319 g/mol. The lowest BCUT2D eigenvalue weighted by atomic mass is 9.99. The molecule has 0 saturated carbocycles. The number of likely N-dealkylation sites (tertiary alicyclic amines) is 1. The predicted molar refractivity (Wildman–Crippen MR) is 81.1 cm³/mol. The van der Waals surface area contributed by atoms with Crippen molar-refractivity contribution in [2.75, 3.05) is 13.1 Å². The minimum Gasteiger partial charge on any atom is -0.338 e. The van der Waals surface area contributed by atoms with Crippen molar-refractivity contribution in [2.24, 2.45) is 0 Å². The number of rotatable bonds is 2. The average Bonchev–Trinajstić information content (AvgIpc) is 3.04. The highest BCUT2D eigenvalue weighted by Crippen LogP contribution is 2.31. The van der Waals surface area contributed by atoms with Gasteiger partial charge < -0.3 is 4.90 Å². The lowest BCUT2D eigenvalue weighted by Crippen LogP contribution is -2.28. The third-order valence-corrected chi connectivity index (χ3v) is 4.18. The minimum atomic E-state index is -4.44. The summed E-state index contributed by atoms with van der Waals surface area (Å²) in [6.45, 7) is 1.10. The van der Waals surface area contributed by atoms with Crippen molar-refractivity contribution in [3.05, 3.63) is 71.3 Å². The van der Waals surface area contributed by atoms with Gasteiger partial charge in [0, 0.05) is 24.6 Å². The second kappa shape index (κ2) is 6.07. The third kappa shape index (κ3) is 3.38. The number of alkyl halides is 3. The van der Waals surface area contributed by atoms with Gasteiger partial charge in [0.2, 0.25) is 0 Å². The van der Waals surface area contributed by atoms with Crippen molar-refractivity contribution in [3.8, 4) is 0 Å². The van der Waals surface area contributed by atoms with Gasteiger partial charge in [-0.15, -0.1) is 0 Å². The van der Waals surface area contributed by atoms with E-state index in [2.05, 4.69) is 0 Å². The molecule has 0 bridgehead atoms. The van der Waals surface area contributed by atoms with Crippen molar-refractivity contribution in [2.45, 2.75) is 18.5 Å². The summed E-state index contributed by atoms with van der Waals surface area (Å²) in [5.41, 5.74) is 0.461. The Balaban J connectivity index is 1.75. The minimum absolute atomic E-state index is 0.0912. The molecule has 1 aliphatic rings. The van der Waals surface area contributed by atoms with Gasteiger partial charge in [-0.05, 0) is 30.2 Å². The van der Waals surface area contributed by atoms with Gasteiger partial charge >= 0.3 is 6.18 Å². The van der Waals surface area contributed by atoms with E-state index in [1.54, 1.807) is 4.90 Å². The molecule has 23 heavy (non-hydrogen) atoms. The topological polar surface area (TPSA) is 20.3 Å². The van der Waals surface area contributed by atoms with Crippen molar-refractivity contribution >= 4 is 5.91 Å². The van der Waals surface area contributed by atoms with Crippen LogP contribution in [0.5, 0.6) is 0 Å². The highest BCUT2D eigenvalue weighted by Gasteiger charge is 2.32. The van der Waals surface area contributed by atoms with Crippen LogP contribution in [0.4, 0.5) is 13.2 Å². The van der Waals surface area contributed by atoms with Crippen LogP contribution in [0, 0.1) is 0 Å². The maximum absolute atomic E-state index is 12.8. The number of carbonyl (C=O) groups is 1. The number of hydrogen-bond acceptors (Lipinski definition) is 1. The van der Waals surface area contributed by atoms with Crippen LogP contribution in [-0.2, 0) is 6.18 Å². The quantitative estimate of drug-likeness (QED) is 0.806. The Morgan fingerprint density at radius 1 is 1.04 bits per heavy atom. The molecule has 5 heteroatoms. The summed E-state index contributed by atoms with van der Waals surface area (Å²) in [4.78, 5) is 14.1. The molecule has 1 saturated heterocycles. The summed E-state index contributed by atoms with van der Waals surface area (Å²) < 4.78 is 38.3. The van der Waals surface area contributed by atoms with E-state index in [4.69, 9.17) is 0 Å². The van der Waals surface area contributed by atoms with Gasteiger partial charge in [0.15, 0.2) is 0 Å². The Hall–Kier alpha value is -2.30. The second-order valence-electron chi connectivity index (χ2n) is 5.73. The Morgan fingerprint density at radius 2 is 1.78 bits per heavy atom. The number of benzene rings is 2. The van der Waals surface area contributed by atoms with E-state index in [0.717, 1.165) is 24.1 Å². The predicted octanol–water partition coefficient (Wildman–Crippen LogP) is 4.34. The van der Waals surface area contributed by atoms with Crippen LogP contribution < -0.4 is 0 Å². The zero-order valence-electron chi connectivity index (χ0n) is 12.4. The second-order valence-corrected chi connectivity index (χ2v) is 5.73. The summed E-state index contributed by atoms with van der Waals surface area (Å²) in [5.74, 6) is -0.0968. The van der Waals surface area contributed by atoms with Crippen LogP contribution in [0.2, 0.25) is 0 Å². The molecule has 120 valence electrons. The molecule has 0 radical (unpaired) electrons.